The molecule has 1 saturated carbocycles. The minimum Gasteiger partial charge on any atom is -0.454 e. The number of fused-ring (bicyclic) bond motifs is 1. The summed E-state index contributed by atoms with van der Waals surface area (Å²) in [5.74, 6) is 0.992. The van der Waals surface area contributed by atoms with Crippen LogP contribution in [0, 0.1) is 12.8 Å². The zero-order valence-electron chi connectivity index (χ0n) is 12.8. The van der Waals surface area contributed by atoms with Gasteiger partial charge in [-0.2, -0.15) is 0 Å². The number of halogens is 2. The van der Waals surface area contributed by atoms with Gasteiger partial charge in [0.1, 0.15) is 4.33 Å². The average molecular weight is 385 g/mol. The Hall–Kier alpha value is -1.50. The van der Waals surface area contributed by atoms with Crippen molar-refractivity contribution in [1.82, 2.24) is 4.98 Å². The van der Waals surface area contributed by atoms with Gasteiger partial charge in [0.15, 0.2) is 16.6 Å². The summed E-state index contributed by atoms with van der Waals surface area (Å²) in [6, 6.07) is 5.88. The quantitative estimate of drug-likeness (QED) is 0.811. The Morgan fingerprint density at radius 2 is 2.17 bits per heavy atom. The second-order valence-electron chi connectivity index (χ2n) is 5.90. The van der Waals surface area contributed by atoms with E-state index in [1.54, 1.807) is 0 Å². The van der Waals surface area contributed by atoms with E-state index in [0.717, 1.165) is 27.6 Å². The van der Waals surface area contributed by atoms with Crippen molar-refractivity contribution in [2.24, 2.45) is 5.92 Å². The molecule has 1 fully saturated rings. The van der Waals surface area contributed by atoms with Gasteiger partial charge in [-0.3, -0.25) is 4.79 Å². The van der Waals surface area contributed by atoms with Crippen LogP contribution in [0.25, 0.3) is 0 Å². The maximum Gasteiger partial charge on any atom is 0.232 e. The lowest BCUT2D eigenvalue weighted by atomic mass is 10.1. The number of hydrogen-bond acceptors (Lipinski definition) is 5. The maximum atomic E-state index is 12.1. The van der Waals surface area contributed by atoms with Crippen molar-refractivity contribution in [2.75, 3.05) is 12.1 Å². The molecule has 1 aromatic heterocycles. The van der Waals surface area contributed by atoms with Crippen LogP contribution in [0.3, 0.4) is 0 Å². The van der Waals surface area contributed by atoms with Crippen molar-refractivity contribution < 1.29 is 14.3 Å². The minimum absolute atomic E-state index is 0.177. The van der Waals surface area contributed by atoms with Crippen LogP contribution in [0.4, 0.5) is 5.13 Å². The highest BCUT2D eigenvalue weighted by atomic mass is 35.5. The zero-order chi connectivity index (χ0) is 16.9. The van der Waals surface area contributed by atoms with Crippen molar-refractivity contribution in [3.63, 3.8) is 0 Å². The third-order valence-corrected chi connectivity index (χ3v) is 5.98. The van der Waals surface area contributed by atoms with Gasteiger partial charge < -0.3 is 14.8 Å². The molecule has 4 rings (SSSR count). The topological polar surface area (TPSA) is 60.5 Å². The molecule has 8 heteroatoms. The fourth-order valence-corrected chi connectivity index (χ4v) is 4.08. The van der Waals surface area contributed by atoms with Gasteiger partial charge in [-0.15, -0.1) is 34.5 Å². The van der Waals surface area contributed by atoms with Gasteiger partial charge >= 0.3 is 0 Å². The van der Waals surface area contributed by atoms with E-state index in [-0.39, 0.29) is 18.6 Å². The number of aromatic nitrogens is 1. The summed E-state index contributed by atoms with van der Waals surface area (Å²) in [6.45, 7) is 2.19. The van der Waals surface area contributed by atoms with Crippen LogP contribution in [0.15, 0.2) is 18.2 Å². The minimum atomic E-state index is -0.925. The summed E-state index contributed by atoms with van der Waals surface area (Å²) >= 11 is 13.3. The SMILES string of the molecule is Cc1nc(NC(=O)C2CC2(Cl)Cl)sc1Cc1ccc2c(c1)OCO2. The lowest BCUT2D eigenvalue weighted by molar-refractivity contribution is -0.117. The molecular formula is C16H14Cl2N2O3S. The van der Waals surface area contributed by atoms with Crippen LogP contribution >= 0.6 is 34.5 Å². The molecule has 0 spiro atoms. The van der Waals surface area contributed by atoms with E-state index < -0.39 is 4.33 Å². The molecule has 1 amide bonds. The van der Waals surface area contributed by atoms with Gasteiger partial charge in [0.2, 0.25) is 12.7 Å². The van der Waals surface area contributed by atoms with Gasteiger partial charge in [-0.1, -0.05) is 6.07 Å². The number of nitrogens with zero attached hydrogens (tertiary/aromatic N) is 1. The number of ether oxygens (including phenoxy) is 2. The van der Waals surface area contributed by atoms with Crippen LogP contribution < -0.4 is 14.8 Å². The van der Waals surface area contributed by atoms with Crippen molar-refractivity contribution >= 4 is 45.6 Å². The van der Waals surface area contributed by atoms with Crippen molar-refractivity contribution in [3.05, 3.63) is 34.3 Å². The molecule has 1 aromatic carbocycles. The Morgan fingerprint density at radius 1 is 1.42 bits per heavy atom. The molecule has 0 radical (unpaired) electrons. The number of alkyl halides is 2. The van der Waals surface area contributed by atoms with Crippen LogP contribution in [0.1, 0.15) is 22.6 Å². The average Bonchev–Trinajstić information content (AvgIpc) is 2.86. The number of thiazole rings is 1. The van der Waals surface area contributed by atoms with Crippen molar-refractivity contribution in [1.29, 1.82) is 0 Å². The van der Waals surface area contributed by atoms with E-state index in [1.807, 2.05) is 25.1 Å². The number of anilines is 1. The molecule has 1 aliphatic carbocycles. The predicted molar refractivity (Wildman–Crippen MR) is 93.4 cm³/mol. The molecule has 2 aromatic rings. The molecule has 24 heavy (non-hydrogen) atoms. The van der Waals surface area contributed by atoms with E-state index in [9.17, 15) is 4.79 Å². The van der Waals surface area contributed by atoms with Gasteiger partial charge in [-0.05, 0) is 31.0 Å². The largest absolute Gasteiger partial charge is 0.454 e. The van der Waals surface area contributed by atoms with E-state index in [2.05, 4.69) is 10.3 Å². The van der Waals surface area contributed by atoms with Crippen molar-refractivity contribution in [2.45, 2.75) is 24.1 Å². The first-order valence-corrected chi connectivity index (χ1v) is 9.03. The van der Waals surface area contributed by atoms with Gasteiger partial charge in [0.25, 0.3) is 0 Å². The summed E-state index contributed by atoms with van der Waals surface area (Å²) in [5.41, 5.74) is 2.00. The normalized spacial score (nSPS) is 20.0. The van der Waals surface area contributed by atoms with E-state index in [4.69, 9.17) is 32.7 Å². The lowest BCUT2D eigenvalue weighted by Crippen LogP contribution is -2.16. The molecule has 1 unspecified atom stereocenters. The monoisotopic (exact) mass is 384 g/mol. The number of benzene rings is 1. The Bertz CT molecular complexity index is 822. The molecule has 0 bridgehead atoms. The number of amides is 1. The number of aryl methyl sites for hydroxylation is 1. The number of carbonyl (C=O) groups is 1. The molecule has 2 aliphatic rings. The second kappa shape index (κ2) is 5.79. The first kappa shape index (κ1) is 16.0. The number of nitrogens with one attached hydrogen (secondary N) is 1. The fourth-order valence-electron chi connectivity index (χ4n) is 2.57. The van der Waals surface area contributed by atoms with Gasteiger partial charge in [0.05, 0.1) is 11.6 Å². The van der Waals surface area contributed by atoms with Gasteiger partial charge in [-0.25, -0.2) is 4.98 Å². The third-order valence-electron chi connectivity index (χ3n) is 4.07. The Balaban J connectivity index is 1.46. The number of hydrogen-bond donors (Lipinski definition) is 1. The van der Waals surface area contributed by atoms with Crippen LogP contribution in [0.2, 0.25) is 0 Å². The first-order chi connectivity index (χ1) is 11.4. The summed E-state index contributed by atoms with van der Waals surface area (Å²) in [4.78, 5) is 17.6. The summed E-state index contributed by atoms with van der Waals surface area (Å²) in [6.07, 6.45) is 1.20. The van der Waals surface area contributed by atoms with Gasteiger partial charge in [0, 0.05) is 11.3 Å². The zero-order valence-corrected chi connectivity index (χ0v) is 15.1. The second-order valence-corrected chi connectivity index (χ2v) is 8.52. The van der Waals surface area contributed by atoms with Crippen molar-refractivity contribution in [3.8, 4) is 11.5 Å². The van der Waals surface area contributed by atoms with E-state index in [1.165, 1.54) is 11.3 Å². The van der Waals surface area contributed by atoms with Crippen LogP contribution in [0.5, 0.6) is 11.5 Å². The number of rotatable bonds is 4. The molecule has 1 atom stereocenters. The maximum absolute atomic E-state index is 12.1. The highest BCUT2D eigenvalue weighted by Gasteiger charge is 2.56. The molecule has 5 nitrogen and oxygen atoms in total. The molecule has 1 aliphatic heterocycles. The van der Waals surface area contributed by atoms with E-state index in [0.29, 0.717) is 18.0 Å². The Kier molecular flexibility index (Phi) is 3.86. The molecular weight excluding hydrogens is 371 g/mol. The van der Waals surface area contributed by atoms with E-state index >= 15 is 0 Å². The van der Waals surface area contributed by atoms with Crippen LogP contribution in [-0.2, 0) is 11.2 Å². The number of carbonyl (C=O) groups excluding carboxylic acids is 1. The summed E-state index contributed by atoms with van der Waals surface area (Å²) in [5, 5.41) is 3.38. The smallest absolute Gasteiger partial charge is 0.232 e. The molecule has 2 heterocycles. The third kappa shape index (κ3) is 3.06. The fraction of sp³-hybridized carbons (Fsp3) is 0.375. The molecule has 0 saturated heterocycles. The predicted octanol–water partition coefficient (Wildman–Crippen LogP) is 3.90. The summed E-state index contributed by atoms with van der Waals surface area (Å²) in [7, 11) is 0. The molecule has 126 valence electrons. The van der Waals surface area contributed by atoms with Crippen LogP contribution in [-0.4, -0.2) is 22.0 Å². The highest BCUT2D eigenvalue weighted by Crippen LogP contribution is 2.53. The Morgan fingerprint density at radius 3 is 2.92 bits per heavy atom. The molecule has 1 N–H and O–H groups in total. The highest BCUT2D eigenvalue weighted by molar-refractivity contribution is 7.15. The lowest BCUT2D eigenvalue weighted by Gasteiger charge is -2.02. The first-order valence-electron chi connectivity index (χ1n) is 7.46. The standard InChI is InChI=1S/C16H14Cl2N2O3S/c1-8-13(5-9-2-3-11-12(4-9)23-7-22-11)24-15(19-8)20-14(21)10-6-16(10,17)18/h2-4,10H,5-7H2,1H3,(H,19,20,21). The summed E-state index contributed by atoms with van der Waals surface area (Å²) < 4.78 is 9.80. The Labute approximate surface area is 152 Å².